The van der Waals surface area contributed by atoms with Gasteiger partial charge in [0.05, 0.1) is 33.9 Å². The normalized spacial score (nSPS) is 12.1. The van der Waals surface area contributed by atoms with Crippen molar-refractivity contribution in [2.45, 2.75) is 12.4 Å². The number of hydrogen-bond donors (Lipinski definition) is 2. The van der Waals surface area contributed by atoms with Gasteiger partial charge in [0.15, 0.2) is 10.3 Å². The predicted molar refractivity (Wildman–Crippen MR) is 169 cm³/mol. The summed E-state index contributed by atoms with van der Waals surface area (Å²) in [5, 5.41) is 17.4. The number of aromatic nitrogens is 2. The topological polar surface area (TPSA) is 74.6 Å². The van der Waals surface area contributed by atoms with Crippen molar-refractivity contribution in [1.29, 1.82) is 0 Å². The summed E-state index contributed by atoms with van der Waals surface area (Å²) in [6.07, 6.45) is -9.03. The van der Waals surface area contributed by atoms with E-state index in [1.807, 2.05) is 0 Å². The number of benzene rings is 4. The molecule has 0 saturated heterocycles. The van der Waals surface area contributed by atoms with Crippen LogP contribution in [-0.2, 0) is 12.4 Å². The predicted octanol–water partition coefficient (Wildman–Crippen LogP) is 12.2. The highest BCUT2D eigenvalue weighted by Crippen LogP contribution is 2.36. The minimum absolute atomic E-state index is 0.0721. The smallest absolute Gasteiger partial charge is 0.332 e. The third kappa shape index (κ3) is 7.66. The maximum Gasteiger partial charge on any atom is 0.416 e. The second-order valence-corrected chi connectivity index (χ2v) is 11.7. The van der Waals surface area contributed by atoms with Crippen LogP contribution in [0.3, 0.4) is 0 Å². The van der Waals surface area contributed by atoms with Crippen molar-refractivity contribution >= 4 is 55.7 Å². The Bertz CT molecular complexity index is 1970. The molecular formula is C32H18F8N6S2. The van der Waals surface area contributed by atoms with Crippen LogP contribution in [0.25, 0.3) is 22.5 Å². The van der Waals surface area contributed by atoms with Crippen molar-refractivity contribution in [2.75, 3.05) is 10.6 Å². The van der Waals surface area contributed by atoms with Crippen LogP contribution in [0, 0.1) is 11.6 Å². The van der Waals surface area contributed by atoms with E-state index in [1.165, 1.54) is 59.3 Å². The van der Waals surface area contributed by atoms with Crippen LogP contribution in [0.4, 0.5) is 68.1 Å². The van der Waals surface area contributed by atoms with E-state index in [2.05, 4.69) is 30.8 Å². The quantitative estimate of drug-likeness (QED) is 0.122. The van der Waals surface area contributed by atoms with Gasteiger partial charge in [-0.1, -0.05) is 12.1 Å². The molecule has 0 amide bonds. The minimum atomic E-state index is -4.51. The average Bonchev–Trinajstić information content (AvgIpc) is 3.70. The van der Waals surface area contributed by atoms with Crippen molar-refractivity contribution in [3.8, 4) is 22.5 Å². The van der Waals surface area contributed by atoms with Crippen LogP contribution in [0.15, 0.2) is 106 Å². The van der Waals surface area contributed by atoms with Gasteiger partial charge in [-0.25, -0.2) is 18.7 Å². The van der Waals surface area contributed by atoms with Crippen LogP contribution in [-0.4, -0.2) is 9.97 Å². The van der Waals surface area contributed by atoms with Gasteiger partial charge in [-0.15, -0.1) is 22.7 Å². The zero-order valence-electron chi connectivity index (χ0n) is 23.9. The highest BCUT2D eigenvalue weighted by atomic mass is 32.1. The Kier molecular flexibility index (Phi) is 8.94. The molecule has 48 heavy (non-hydrogen) atoms. The first-order chi connectivity index (χ1) is 22.8. The number of anilines is 4. The Hall–Kier alpha value is -5.22. The minimum Gasteiger partial charge on any atom is -0.332 e. The molecule has 2 aromatic heterocycles. The number of halogens is 8. The summed E-state index contributed by atoms with van der Waals surface area (Å²) in [7, 11) is 0. The summed E-state index contributed by atoms with van der Waals surface area (Å²) in [6.45, 7) is 0. The Labute approximate surface area is 274 Å². The Morgan fingerprint density at radius 1 is 0.542 bits per heavy atom. The van der Waals surface area contributed by atoms with Crippen molar-refractivity contribution in [1.82, 2.24) is 9.97 Å². The highest BCUT2D eigenvalue weighted by Gasteiger charge is 2.31. The molecule has 0 radical (unpaired) electrons. The zero-order valence-corrected chi connectivity index (χ0v) is 25.5. The Balaban J connectivity index is 1.18. The second-order valence-electron chi connectivity index (χ2n) is 10.0. The molecule has 0 aliphatic rings. The van der Waals surface area contributed by atoms with E-state index in [4.69, 9.17) is 0 Å². The molecular weight excluding hydrogens is 685 g/mol. The third-order valence-corrected chi connectivity index (χ3v) is 8.14. The molecule has 2 heterocycles. The highest BCUT2D eigenvalue weighted by molar-refractivity contribution is 7.14. The fourth-order valence-corrected chi connectivity index (χ4v) is 5.82. The van der Waals surface area contributed by atoms with Gasteiger partial charge >= 0.3 is 12.4 Å². The van der Waals surface area contributed by atoms with E-state index in [1.54, 1.807) is 0 Å². The largest absolute Gasteiger partial charge is 0.416 e. The molecule has 0 aliphatic heterocycles. The fraction of sp³-hybridized carbons (Fsp3) is 0.0625. The van der Waals surface area contributed by atoms with E-state index in [9.17, 15) is 35.1 Å². The van der Waals surface area contributed by atoms with Gasteiger partial charge in [-0.3, -0.25) is 0 Å². The molecule has 0 fully saturated rings. The van der Waals surface area contributed by atoms with Crippen LogP contribution in [0.5, 0.6) is 0 Å². The van der Waals surface area contributed by atoms with Gasteiger partial charge in [0.1, 0.15) is 11.6 Å². The molecule has 0 bridgehead atoms. The number of rotatable bonds is 8. The summed E-state index contributed by atoms with van der Waals surface area (Å²) in [5.74, 6) is -1.24. The molecule has 0 saturated carbocycles. The number of nitrogens with zero attached hydrogens (tertiary/aromatic N) is 4. The second kappa shape index (κ2) is 13.1. The van der Waals surface area contributed by atoms with E-state index in [0.717, 1.165) is 59.1 Å². The molecule has 6 rings (SSSR count). The molecule has 0 spiro atoms. The summed E-state index contributed by atoms with van der Waals surface area (Å²) >= 11 is 2.13. The molecule has 6 aromatic rings. The van der Waals surface area contributed by atoms with E-state index in [0.29, 0.717) is 0 Å². The van der Waals surface area contributed by atoms with Gasteiger partial charge in [0.25, 0.3) is 0 Å². The van der Waals surface area contributed by atoms with Crippen LogP contribution < -0.4 is 10.6 Å². The summed E-state index contributed by atoms with van der Waals surface area (Å²) in [5.41, 5.74) is -0.296. The van der Waals surface area contributed by atoms with Gasteiger partial charge in [0.2, 0.25) is 0 Å². The zero-order chi connectivity index (χ0) is 34.1. The van der Waals surface area contributed by atoms with E-state index < -0.39 is 35.1 Å². The first-order valence-electron chi connectivity index (χ1n) is 13.6. The summed E-state index contributed by atoms with van der Waals surface area (Å²) in [4.78, 5) is 8.59. The van der Waals surface area contributed by atoms with E-state index >= 15 is 0 Å². The maximum atomic E-state index is 14.8. The van der Waals surface area contributed by atoms with Crippen molar-refractivity contribution in [3.05, 3.63) is 118 Å². The summed E-state index contributed by atoms with van der Waals surface area (Å²) in [6, 6.07) is 17.0. The number of azo groups is 1. The first-order valence-corrected chi connectivity index (χ1v) is 15.4. The lowest BCUT2D eigenvalue weighted by Crippen LogP contribution is -2.05. The number of nitrogens with one attached hydrogen (secondary N) is 2. The standard InChI is InChI=1S/C32H18F8N6S2/c33-25-9-7-21(13-23(25)27-15-47-29(43-27)41-19-5-1-3-17(11-19)31(35,36)37)45-46-22-8-10-26(34)24(14-22)28-16-48-30(44-28)42-20-6-2-4-18(12-20)32(38,39)40/h1-16H,(H,41,43)(H,42,44)/b46-45+. The number of alkyl halides is 6. The lowest BCUT2D eigenvalue weighted by atomic mass is 10.1. The Morgan fingerprint density at radius 3 is 1.35 bits per heavy atom. The Morgan fingerprint density at radius 2 is 0.958 bits per heavy atom. The SMILES string of the molecule is Fc1ccc(/N=N/c2ccc(F)c(-c3csc(Nc4cccc(C(F)(F)F)c4)n3)c2)cc1-c1csc(Nc2cccc(C(F)(F)F)c2)n1. The molecule has 0 aliphatic carbocycles. The van der Waals surface area contributed by atoms with Crippen LogP contribution in [0.2, 0.25) is 0 Å². The van der Waals surface area contributed by atoms with Crippen LogP contribution >= 0.6 is 22.7 Å². The van der Waals surface area contributed by atoms with Gasteiger partial charge in [0, 0.05) is 33.3 Å². The van der Waals surface area contributed by atoms with Gasteiger partial charge < -0.3 is 10.6 Å². The van der Waals surface area contributed by atoms with Crippen LogP contribution in [0.1, 0.15) is 11.1 Å². The lowest BCUT2D eigenvalue weighted by molar-refractivity contribution is -0.138. The average molecular weight is 703 g/mol. The van der Waals surface area contributed by atoms with Crippen molar-refractivity contribution in [2.24, 2.45) is 10.2 Å². The molecule has 2 N–H and O–H groups in total. The molecule has 0 atom stereocenters. The molecule has 16 heteroatoms. The molecule has 4 aromatic carbocycles. The third-order valence-electron chi connectivity index (χ3n) is 6.62. The first kappa shape index (κ1) is 32.7. The number of thiazole rings is 2. The molecule has 0 unspecified atom stereocenters. The molecule has 244 valence electrons. The molecule has 6 nitrogen and oxygen atoms in total. The van der Waals surface area contributed by atoms with Gasteiger partial charge in [-0.2, -0.15) is 36.6 Å². The lowest BCUT2D eigenvalue weighted by Gasteiger charge is -2.09. The van der Waals surface area contributed by atoms with Crippen molar-refractivity contribution < 1.29 is 35.1 Å². The van der Waals surface area contributed by atoms with Gasteiger partial charge in [-0.05, 0) is 72.8 Å². The van der Waals surface area contributed by atoms with E-state index in [-0.39, 0.29) is 55.5 Å². The monoisotopic (exact) mass is 702 g/mol. The summed E-state index contributed by atoms with van der Waals surface area (Å²) < 4.78 is 108. The number of hydrogen-bond acceptors (Lipinski definition) is 8. The maximum absolute atomic E-state index is 14.8. The fourth-order valence-electron chi connectivity index (χ4n) is 4.36. The van der Waals surface area contributed by atoms with Crippen molar-refractivity contribution in [3.63, 3.8) is 0 Å².